The van der Waals surface area contributed by atoms with Gasteiger partial charge in [0.05, 0.1) is 16.7 Å². The van der Waals surface area contributed by atoms with Crippen LogP contribution in [0.4, 0.5) is 4.39 Å². The molecule has 20 heavy (non-hydrogen) atoms. The minimum Gasteiger partial charge on any atom is -0.492 e. The van der Waals surface area contributed by atoms with Gasteiger partial charge in [-0.3, -0.25) is 4.79 Å². The number of hydrogen-bond donors (Lipinski definition) is 0. The number of halogens is 3. The van der Waals surface area contributed by atoms with Gasteiger partial charge in [0, 0.05) is 22.8 Å². The Labute approximate surface area is 126 Å². The van der Waals surface area contributed by atoms with Gasteiger partial charge in [-0.05, 0) is 31.2 Å². The fourth-order valence-corrected chi connectivity index (χ4v) is 2.30. The Morgan fingerprint density at radius 2 is 1.90 bits per heavy atom. The fraction of sp³-hybridized carbons (Fsp3) is 0.133. The van der Waals surface area contributed by atoms with Crippen molar-refractivity contribution in [3.63, 3.8) is 0 Å². The lowest BCUT2D eigenvalue weighted by molar-refractivity contribution is 0.112. The topological polar surface area (TPSA) is 26.3 Å². The van der Waals surface area contributed by atoms with Crippen molar-refractivity contribution < 1.29 is 13.9 Å². The molecule has 5 heteroatoms. The van der Waals surface area contributed by atoms with Crippen LogP contribution in [0.5, 0.6) is 5.75 Å². The summed E-state index contributed by atoms with van der Waals surface area (Å²) in [5, 5.41) is 0.641. The molecule has 0 aliphatic heterocycles. The molecule has 0 amide bonds. The van der Waals surface area contributed by atoms with Crippen molar-refractivity contribution in [1.29, 1.82) is 0 Å². The van der Waals surface area contributed by atoms with Gasteiger partial charge in [-0.15, -0.1) is 0 Å². The second-order valence-corrected chi connectivity index (χ2v) is 4.87. The molecule has 0 bridgehead atoms. The third kappa shape index (κ3) is 2.94. The van der Waals surface area contributed by atoms with E-state index in [4.69, 9.17) is 27.9 Å². The molecule has 0 atom stereocenters. The zero-order valence-corrected chi connectivity index (χ0v) is 12.1. The van der Waals surface area contributed by atoms with Crippen LogP contribution in [0.25, 0.3) is 11.1 Å². The van der Waals surface area contributed by atoms with E-state index in [2.05, 4.69) is 0 Å². The Hall–Kier alpha value is -1.58. The van der Waals surface area contributed by atoms with Crippen LogP contribution in [0, 0.1) is 5.82 Å². The number of carbonyl (C=O) groups is 1. The Kier molecular flexibility index (Phi) is 4.63. The average Bonchev–Trinajstić information content (AvgIpc) is 2.43. The molecule has 0 saturated carbocycles. The summed E-state index contributed by atoms with van der Waals surface area (Å²) in [4.78, 5) is 10.8. The van der Waals surface area contributed by atoms with Crippen molar-refractivity contribution in [3.05, 3.63) is 51.8 Å². The van der Waals surface area contributed by atoms with E-state index < -0.39 is 5.82 Å². The van der Waals surface area contributed by atoms with Crippen LogP contribution in [0.2, 0.25) is 10.0 Å². The third-order valence-corrected chi connectivity index (χ3v) is 3.35. The van der Waals surface area contributed by atoms with Crippen LogP contribution in [0.3, 0.4) is 0 Å². The first-order valence-corrected chi connectivity index (χ1v) is 6.69. The van der Waals surface area contributed by atoms with Crippen molar-refractivity contribution in [2.45, 2.75) is 6.92 Å². The second kappa shape index (κ2) is 6.25. The molecule has 0 aliphatic carbocycles. The van der Waals surface area contributed by atoms with Gasteiger partial charge in [-0.1, -0.05) is 23.2 Å². The van der Waals surface area contributed by atoms with Crippen LogP contribution in [0.15, 0.2) is 30.3 Å². The highest BCUT2D eigenvalue weighted by atomic mass is 35.5. The van der Waals surface area contributed by atoms with Crippen molar-refractivity contribution in [2.24, 2.45) is 0 Å². The van der Waals surface area contributed by atoms with Crippen molar-refractivity contribution >= 4 is 29.5 Å². The number of hydrogen-bond acceptors (Lipinski definition) is 2. The molecule has 2 rings (SSSR count). The first-order valence-electron chi connectivity index (χ1n) is 5.93. The van der Waals surface area contributed by atoms with Gasteiger partial charge in [-0.25, -0.2) is 4.39 Å². The lowest BCUT2D eigenvalue weighted by Gasteiger charge is -2.11. The van der Waals surface area contributed by atoms with Gasteiger partial charge in [0.2, 0.25) is 0 Å². The molecule has 0 unspecified atom stereocenters. The van der Waals surface area contributed by atoms with Gasteiger partial charge < -0.3 is 4.74 Å². The minimum atomic E-state index is -0.474. The summed E-state index contributed by atoms with van der Waals surface area (Å²) in [6.07, 6.45) is 0.646. The molecular formula is C15H11Cl2FO2. The second-order valence-electron chi connectivity index (χ2n) is 4.05. The highest BCUT2D eigenvalue weighted by Gasteiger charge is 2.14. The van der Waals surface area contributed by atoms with Crippen molar-refractivity contribution in [3.8, 4) is 16.9 Å². The molecule has 0 aliphatic rings. The summed E-state index contributed by atoms with van der Waals surface area (Å²) in [6, 6.07) is 7.12. The smallest absolute Gasteiger partial charge is 0.150 e. The molecule has 2 aromatic rings. The quantitative estimate of drug-likeness (QED) is 0.742. The maximum absolute atomic E-state index is 13.9. The summed E-state index contributed by atoms with van der Waals surface area (Å²) >= 11 is 12.2. The zero-order valence-electron chi connectivity index (χ0n) is 10.6. The van der Waals surface area contributed by atoms with E-state index in [0.717, 1.165) is 0 Å². The molecule has 0 N–H and O–H groups in total. The number of benzene rings is 2. The largest absolute Gasteiger partial charge is 0.492 e. The molecule has 2 aromatic carbocycles. The number of carbonyl (C=O) groups excluding carboxylic acids is 1. The van der Waals surface area contributed by atoms with Crippen LogP contribution in [0.1, 0.15) is 17.3 Å². The average molecular weight is 313 g/mol. The normalized spacial score (nSPS) is 10.4. The van der Waals surface area contributed by atoms with Crippen LogP contribution in [-0.4, -0.2) is 12.9 Å². The van der Waals surface area contributed by atoms with Crippen molar-refractivity contribution in [1.82, 2.24) is 0 Å². The summed E-state index contributed by atoms with van der Waals surface area (Å²) in [7, 11) is 0. The number of rotatable bonds is 4. The Morgan fingerprint density at radius 1 is 1.15 bits per heavy atom. The van der Waals surface area contributed by atoms with Gasteiger partial charge in [0.1, 0.15) is 17.9 Å². The van der Waals surface area contributed by atoms with E-state index in [1.54, 1.807) is 0 Å². The number of aldehydes is 1. The van der Waals surface area contributed by atoms with Gasteiger partial charge in [0.15, 0.2) is 0 Å². The predicted molar refractivity (Wildman–Crippen MR) is 78.4 cm³/mol. The summed E-state index contributed by atoms with van der Waals surface area (Å²) in [5.74, 6) is -0.0346. The molecule has 0 radical (unpaired) electrons. The highest BCUT2D eigenvalue weighted by Crippen LogP contribution is 2.38. The number of ether oxygens (including phenoxy) is 1. The predicted octanol–water partition coefficient (Wildman–Crippen LogP) is 5.01. The van der Waals surface area contributed by atoms with Crippen LogP contribution in [-0.2, 0) is 0 Å². The molecule has 104 valence electrons. The molecule has 0 aromatic heterocycles. The van der Waals surface area contributed by atoms with Crippen molar-refractivity contribution in [2.75, 3.05) is 6.61 Å². The maximum Gasteiger partial charge on any atom is 0.150 e. The summed E-state index contributed by atoms with van der Waals surface area (Å²) < 4.78 is 19.2. The van der Waals surface area contributed by atoms with E-state index in [9.17, 15) is 9.18 Å². The molecule has 2 nitrogen and oxygen atoms in total. The molecule has 0 heterocycles. The van der Waals surface area contributed by atoms with E-state index in [1.807, 2.05) is 6.92 Å². The van der Waals surface area contributed by atoms with Crippen LogP contribution >= 0.6 is 23.2 Å². The molecule has 0 spiro atoms. The maximum atomic E-state index is 13.9. The first-order chi connectivity index (χ1) is 9.56. The van der Waals surface area contributed by atoms with E-state index in [-0.39, 0.29) is 5.56 Å². The summed E-state index contributed by atoms with van der Waals surface area (Å²) in [5.41, 5.74) is 1.01. The lowest BCUT2D eigenvalue weighted by atomic mass is 10.0. The fourth-order valence-electron chi connectivity index (χ4n) is 1.82. The Morgan fingerprint density at radius 3 is 2.55 bits per heavy atom. The minimum absolute atomic E-state index is 0.226. The van der Waals surface area contributed by atoms with E-state index in [1.165, 1.54) is 30.3 Å². The highest BCUT2D eigenvalue weighted by molar-refractivity contribution is 6.36. The standard InChI is InChI=1S/C15H11Cl2FO2/c1-2-20-15-7-12(16)10(6-13(15)17)11-5-9(8-19)3-4-14(11)18/h3-8H,2H2,1H3. The molecular weight excluding hydrogens is 302 g/mol. The Bertz CT molecular complexity index is 657. The summed E-state index contributed by atoms with van der Waals surface area (Å²) in [6.45, 7) is 2.27. The van der Waals surface area contributed by atoms with Gasteiger partial charge >= 0.3 is 0 Å². The molecule has 0 fully saturated rings. The van der Waals surface area contributed by atoms with Gasteiger partial charge in [0.25, 0.3) is 0 Å². The monoisotopic (exact) mass is 312 g/mol. The Balaban J connectivity index is 2.58. The van der Waals surface area contributed by atoms with Gasteiger partial charge in [-0.2, -0.15) is 0 Å². The van der Waals surface area contributed by atoms with E-state index >= 15 is 0 Å². The third-order valence-electron chi connectivity index (χ3n) is 2.74. The first kappa shape index (κ1) is 14.8. The molecule has 0 saturated heterocycles. The van der Waals surface area contributed by atoms with Crippen LogP contribution < -0.4 is 4.74 Å². The van der Waals surface area contributed by atoms with E-state index in [0.29, 0.717) is 39.8 Å². The lowest BCUT2D eigenvalue weighted by Crippen LogP contribution is -1.94. The zero-order chi connectivity index (χ0) is 14.7. The SMILES string of the molecule is CCOc1cc(Cl)c(-c2cc(C=O)ccc2F)cc1Cl.